The summed E-state index contributed by atoms with van der Waals surface area (Å²) in [5.41, 5.74) is 6.18. The summed E-state index contributed by atoms with van der Waals surface area (Å²) in [7, 11) is 0. The Hall–Kier alpha value is -1.59. The Morgan fingerprint density at radius 3 is 2.85 bits per heavy atom. The fraction of sp³-hybridized carbons (Fsp3) is 0.533. The second-order valence-electron chi connectivity index (χ2n) is 5.11. The molecule has 2 rings (SSSR count). The van der Waals surface area contributed by atoms with Gasteiger partial charge in [0.05, 0.1) is 0 Å². The van der Waals surface area contributed by atoms with E-state index >= 15 is 0 Å². The molecule has 5 nitrogen and oxygen atoms in total. The number of hydrogen-bond donors (Lipinski definition) is 3. The second-order valence-corrected chi connectivity index (χ2v) is 5.11. The van der Waals surface area contributed by atoms with Gasteiger partial charge in [-0.15, -0.1) is 0 Å². The minimum Gasteiger partial charge on any atom is -0.492 e. The van der Waals surface area contributed by atoms with Gasteiger partial charge in [-0.2, -0.15) is 0 Å². The van der Waals surface area contributed by atoms with Gasteiger partial charge >= 0.3 is 0 Å². The van der Waals surface area contributed by atoms with E-state index in [1.807, 2.05) is 24.3 Å². The molecule has 1 amide bonds. The number of rotatable bonds is 7. The number of hydrogen-bond acceptors (Lipinski definition) is 4. The van der Waals surface area contributed by atoms with E-state index < -0.39 is 0 Å². The van der Waals surface area contributed by atoms with Gasteiger partial charge < -0.3 is 21.1 Å². The van der Waals surface area contributed by atoms with Crippen LogP contribution < -0.4 is 21.1 Å². The Morgan fingerprint density at radius 1 is 1.40 bits per heavy atom. The van der Waals surface area contributed by atoms with Crippen molar-refractivity contribution in [2.24, 2.45) is 11.7 Å². The number of amides is 1. The van der Waals surface area contributed by atoms with E-state index in [9.17, 15) is 4.79 Å². The molecule has 5 heteroatoms. The fourth-order valence-corrected chi connectivity index (χ4v) is 2.33. The Labute approximate surface area is 119 Å². The first-order valence-corrected chi connectivity index (χ1v) is 7.21. The summed E-state index contributed by atoms with van der Waals surface area (Å²) in [6.07, 6.45) is 2.72. The maximum atomic E-state index is 11.8. The summed E-state index contributed by atoms with van der Waals surface area (Å²) < 4.78 is 5.39. The fourth-order valence-electron chi connectivity index (χ4n) is 2.33. The highest BCUT2D eigenvalue weighted by Crippen LogP contribution is 2.17. The van der Waals surface area contributed by atoms with Crippen molar-refractivity contribution in [2.75, 3.05) is 31.6 Å². The monoisotopic (exact) mass is 277 g/mol. The summed E-state index contributed by atoms with van der Waals surface area (Å²) in [5, 5.41) is 6.22. The number of carbonyl (C=O) groups is 1. The molecule has 1 atom stereocenters. The first kappa shape index (κ1) is 14.8. The van der Waals surface area contributed by atoms with E-state index in [1.54, 1.807) is 0 Å². The van der Waals surface area contributed by atoms with E-state index in [2.05, 4.69) is 10.6 Å². The maximum Gasteiger partial charge on any atom is 0.224 e. The van der Waals surface area contributed by atoms with E-state index in [-0.39, 0.29) is 5.91 Å². The van der Waals surface area contributed by atoms with Gasteiger partial charge in [0.25, 0.3) is 0 Å². The van der Waals surface area contributed by atoms with Gasteiger partial charge in [-0.3, -0.25) is 4.79 Å². The van der Waals surface area contributed by atoms with Crippen LogP contribution in [0, 0.1) is 5.92 Å². The predicted molar refractivity (Wildman–Crippen MR) is 79.8 cm³/mol. The second kappa shape index (κ2) is 7.87. The molecular weight excluding hydrogens is 254 g/mol. The van der Waals surface area contributed by atoms with E-state index in [4.69, 9.17) is 10.5 Å². The van der Waals surface area contributed by atoms with Crippen molar-refractivity contribution in [1.29, 1.82) is 0 Å². The SMILES string of the molecule is NCCOc1ccc(NC(=O)CCC2CCNC2)cc1. The first-order chi connectivity index (χ1) is 9.78. The predicted octanol–water partition coefficient (Wildman–Crippen LogP) is 1.35. The number of ether oxygens (including phenoxy) is 1. The van der Waals surface area contributed by atoms with Crippen LogP contribution in [0.1, 0.15) is 19.3 Å². The smallest absolute Gasteiger partial charge is 0.224 e. The lowest BCUT2D eigenvalue weighted by molar-refractivity contribution is -0.116. The molecule has 20 heavy (non-hydrogen) atoms. The summed E-state index contributed by atoms with van der Waals surface area (Å²) in [4.78, 5) is 11.8. The zero-order chi connectivity index (χ0) is 14.2. The van der Waals surface area contributed by atoms with E-state index in [0.717, 1.165) is 30.9 Å². The molecule has 0 saturated carbocycles. The third-order valence-corrected chi connectivity index (χ3v) is 3.47. The molecule has 1 aliphatic rings. The van der Waals surface area contributed by atoms with Crippen molar-refractivity contribution in [3.63, 3.8) is 0 Å². The molecule has 1 unspecified atom stereocenters. The van der Waals surface area contributed by atoms with Gasteiger partial charge in [-0.25, -0.2) is 0 Å². The molecule has 0 aromatic heterocycles. The normalized spacial score (nSPS) is 17.9. The van der Waals surface area contributed by atoms with Gasteiger partial charge in [-0.05, 0) is 56.1 Å². The quantitative estimate of drug-likeness (QED) is 0.703. The average Bonchev–Trinajstić information content (AvgIpc) is 2.98. The van der Waals surface area contributed by atoms with Crippen LogP contribution in [0.3, 0.4) is 0 Å². The van der Waals surface area contributed by atoms with Crippen molar-refractivity contribution in [2.45, 2.75) is 19.3 Å². The Balaban J connectivity index is 1.72. The largest absolute Gasteiger partial charge is 0.492 e. The molecule has 0 bridgehead atoms. The Kier molecular flexibility index (Phi) is 5.83. The van der Waals surface area contributed by atoms with Crippen molar-refractivity contribution >= 4 is 11.6 Å². The van der Waals surface area contributed by atoms with Crippen LogP contribution in [0.4, 0.5) is 5.69 Å². The highest BCUT2D eigenvalue weighted by atomic mass is 16.5. The zero-order valence-electron chi connectivity index (χ0n) is 11.7. The van der Waals surface area contributed by atoms with Gasteiger partial charge in [0.2, 0.25) is 5.91 Å². The maximum absolute atomic E-state index is 11.8. The van der Waals surface area contributed by atoms with Crippen molar-refractivity contribution in [3.8, 4) is 5.75 Å². The Bertz CT molecular complexity index is 414. The molecule has 1 aromatic carbocycles. The van der Waals surface area contributed by atoms with E-state index in [1.165, 1.54) is 6.42 Å². The summed E-state index contributed by atoms with van der Waals surface area (Å²) in [6, 6.07) is 7.38. The third kappa shape index (κ3) is 4.83. The molecule has 1 aliphatic heterocycles. The standard InChI is InChI=1S/C15H23N3O2/c16-8-10-20-14-4-2-13(3-5-14)18-15(19)6-1-12-7-9-17-11-12/h2-5,12,17H,1,6-11,16H2,(H,18,19). The number of nitrogens with one attached hydrogen (secondary N) is 2. The minimum atomic E-state index is 0.0764. The summed E-state index contributed by atoms with van der Waals surface area (Å²) in [6.45, 7) is 3.12. The Morgan fingerprint density at radius 2 is 2.20 bits per heavy atom. The molecule has 1 fully saturated rings. The molecule has 1 heterocycles. The number of carbonyl (C=O) groups excluding carboxylic acids is 1. The molecule has 1 saturated heterocycles. The van der Waals surface area contributed by atoms with Crippen LogP contribution in [-0.4, -0.2) is 32.1 Å². The van der Waals surface area contributed by atoms with Gasteiger partial charge in [-0.1, -0.05) is 0 Å². The van der Waals surface area contributed by atoms with Crippen LogP contribution in [-0.2, 0) is 4.79 Å². The van der Waals surface area contributed by atoms with Gasteiger partial charge in [0.15, 0.2) is 0 Å². The van der Waals surface area contributed by atoms with E-state index in [0.29, 0.717) is 25.5 Å². The lowest BCUT2D eigenvalue weighted by atomic mass is 10.0. The molecule has 110 valence electrons. The topological polar surface area (TPSA) is 76.4 Å². The molecule has 4 N–H and O–H groups in total. The third-order valence-electron chi connectivity index (χ3n) is 3.47. The number of anilines is 1. The molecule has 1 aromatic rings. The lowest BCUT2D eigenvalue weighted by Gasteiger charge is -2.09. The summed E-state index contributed by atoms with van der Waals surface area (Å²) in [5.74, 6) is 1.49. The molecule has 0 radical (unpaired) electrons. The van der Waals surface area contributed by atoms with Crippen molar-refractivity contribution in [1.82, 2.24) is 5.32 Å². The molecule has 0 spiro atoms. The molecule has 0 aliphatic carbocycles. The highest BCUT2D eigenvalue weighted by molar-refractivity contribution is 5.90. The van der Waals surface area contributed by atoms with Crippen LogP contribution in [0.25, 0.3) is 0 Å². The zero-order valence-corrected chi connectivity index (χ0v) is 11.7. The average molecular weight is 277 g/mol. The van der Waals surface area contributed by atoms with Crippen LogP contribution in [0.15, 0.2) is 24.3 Å². The van der Waals surface area contributed by atoms with Crippen LogP contribution in [0.2, 0.25) is 0 Å². The van der Waals surface area contributed by atoms with Gasteiger partial charge in [0, 0.05) is 18.7 Å². The van der Waals surface area contributed by atoms with Crippen LogP contribution >= 0.6 is 0 Å². The number of nitrogens with two attached hydrogens (primary N) is 1. The van der Waals surface area contributed by atoms with Crippen molar-refractivity contribution < 1.29 is 9.53 Å². The summed E-state index contributed by atoms with van der Waals surface area (Å²) >= 11 is 0. The van der Waals surface area contributed by atoms with Crippen LogP contribution in [0.5, 0.6) is 5.75 Å². The van der Waals surface area contributed by atoms with Crippen molar-refractivity contribution in [3.05, 3.63) is 24.3 Å². The number of benzene rings is 1. The minimum absolute atomic E-state index is 0.0764. The van der Waals surface area contributed by atoms with Gasteiger partial charge in [0.1, 0.15) is 12.4 Å². The lowest BCUT2D eigenvalue weighted by Crippen LogP contribution is -2.15. The highest BCUT2D eigenvalue weighted by Gasteiger charge is 2.15. The first-order valence-electron chi connectivity index (χ1n) is 7.21. The molecular formula is C15H23N3O2.